The Morgan fingerprint density at radius 1 is 0.356 bits per heavy atom. The van der Waals surface area contributed by atoms with E-state index in [1.807, 2.05) is 0 Å². The summed E-state index contributed by atoms with van der Waals surface area (Å²) in [6, 6.07) is 0. The minimum absolute atomic E-state index is 0.105. The Labute approximate surface area is 363 Å². The second-order valence-electron chi connectivity index (χ2n) is 15.6. The largest absolute Gasteiger partial charge is 0.462 e. The van der Waals surface area contributed by atoms with Gasteiger partial charge in [-0.25, -0.2) is 0 Å². The second kappa shape index (κ2) is 47.3. The number of ether oxygens (including phenoxy) is 3. The smallest absolute Gasteiger partial charge is 0.306 e. The monoisotopic (exact) mass is 821 g/mol. The first-order chi connectivity index (χ1) is 29.0. The average molecular weight is 821 g/mol. The normalized spacial score (nSPS) is 12.8. The first-order valence-electron chi connectivity index (χ1n) is 24.1. The highest BCUT2D eigenvalue weighted by molar-refractivity contribution is 5.71. The van der Waals surface area contributed by atoms with Gasteiger partial charge in [0.2, 0.25) is 0 Å². The number of hydrogen-bond acceptors (Lipinski definition) is 6. The van der Waals surface area contributed by atoms with Gasteiger partial charge in [0.05, 0.1) is 0 Å². The fourth-order valence-electron chi connectivity index (χ4n) is 6.26. The van der Waals surface area contributed by atoms with Gasteiger partial charge in [0.25, 0.3) is 0 Å². The summed E-state index contributed by atoms with van der Waals surface area (Å²) in [5, 5.41) is 0. The van der Waals surface area contributed by atoms with Crippen LogP contribution in [0.3, 0.4) is 0 Å². The van der Waals surface area contributed by atoms with Gasteiger partial charge >= 0.3 is 17.9 Å². The summed E-state index contributed by atoms with van der Waals surface area (Å²) in [4.78, 5) is 37.8. The minimum Gasteiger partial charge on any atom is -0.462 e. The van der Waals surface area contributed by atoms with Gasteiger partial charge in [-0.2, -0.15) is 0 Å². The van der Waals surface area contributed by atoms with Crippen molar-refractivity contribution in [2.24, 2.45) is 0 Å². The van der Waals surface area contributed by atoms with E-state index in [0.717, 1.165) is 89.9 Å². The van der Waals surface area contributed by atoms with E-state index in [2.05, 4.69) is 106 Å². The van der Waals surface area contributed by atoms with Crippen molar-refractivity contribution >= 4 is 17.9 Å². The molecule has 0 rings (SSSR count). The summed E-state index contributed by atoms with van der Waals surface area (Å²) in [6.45, 7) is 6.40. The quantitative estimate of drug-likeness (QED) is 0.0264. The third kappa shape index (κ3) is 45.5. The number of carbonyl (C=O) groups is 3. The molecule has 0 aromatic heterocycles. The molecular weight excluding hydrogens is 733 g/mol. The highest BCUT2D eigenvalue weighted by Crippen LogP contribution is 2.13. The molecule has 0 aliphatic rings. The van der Waals surface area contributed by atoms with Crippen molar-refractivity contribution < 1.29 is 28.6 Å². The van der Waals surface area contributed by atoms with E-state index in [4.69, 9.17) is 14.2 Å². The third-order valence-electron chi connectivity index (χ3n) is 9.88. The average Bonchev–Trinajstić information content (AvgIpc) is 3.23. The maximum atomic E-state index is 12.7. The number of carbonyl (C=O) groups excluding carboxylic acids is 3. The summed E-state index contributed by atoms with van der Waals surface area (Å²) < 4.78 is 16.7. The predicted molar refractivity (Wildman–Crippen MR) is 251 cm³/mol. The zero-order valence-corrected chi connectivity index (χ0v) is 38.2. The predicted octanol–water partition coefficient (Wildman–Crippen LogP) is 15.6. The zero-order valence-electron chi connectivity index (χ0n) is 38.2. The summed E-state index contributed by atoms with van der Waals surface area (Å²) in [5.74, 6) is -0.992. The van der Waals surface area contributed by atoms with Crippen LogP contribution in [0.25, 0.3) is 0 Å². The lowest BCUT2D eigenvalue weighted by Gasteiger charge is -2.18. The maximum absolute atomic E-state index is 12.7. The number of rotatable bonds is 42. The van der Waals surface area contributed by atoms with Crippen molar-refractivity contribution in [3.8, 4) is 0 Å². The maximum Gasteiger partial charge on any atom is 0.306 e. The fourth-order valence-corrected chi connectivity index (χ4v) is 6.26. The minimum atomic E-state index is -0.810. The number of hydrogen-bond donors (Lipinski definition) is 0. The van der Waals surface area contributed by atoms with Crippen LogP contribution >= 0.6 is 0 Å². The van der Waals surface area contributed by atoms with E-state index in [1.165, 1.54) is 77.0 Å². The fraction of sp³-hybridized carbons (Fsp3) is 0.679. The SMILES string of the molecule is CC/C=C\C/C=C\C/C=C\C/C=C\CCCCC(=O)OC[C@H](COC(=O)CCCCCCCCCCCCC)OC(=O)CCCC/C=C\C/C=C\C/C=C\CCCCC. The van der Waals surface area contributed by atoms with Crippen molar-refractivity contribution in [3.63, 3.8) is 0 Å². The number of esters is 3. The summed E-state index contributed by atoms with van der Waals surface area (Å²) in [5.41, 5.74) is 0. The van der Waals surface area contributed by atoms with Crippen molar-refractivity contribution in [1.29, 1.82) is 0 Å². The third-order valence-corrected chi connectivity index (χ3v) is 9.88. The molecule has 336 valence electrons. The van der Waals surface area contributed by atoms with E-state index in [1.54, 1.807) is 0 Å². The van der Waals surface area contributed by atoms with Crippen LogP contribution in [-0.4, -0.2) is 37.2 Å². The highest BCUT2D eigenvalue weighted by Gasteiger charge is 2.19. The lowest BCUT2D eigenvalue weighted by molar-refractivity contribution is -0.167. The van der Waals surface area contributed by atoms with Gasteiger partial charge in [-0.15, -0.1) is 0 Å². The van der Waals surface area contributed by atoms with Crippen LogP contribution in [-0.2, 0) is 28.6 Å². The van der Waals surface area contributed by atoms with E-state index >= 15 is 0 Å². The van der Waals surface area contributed by atoms with Gasteiger partial charge < -0.3 is 14.2 Å². The topological polar surface area (TPSA) is 78.9 Å². The number of unbranched alkanes of at least 4 members (excludes halogenated alkanes) is 17. The molecule has 0 aliphatic carbocycles. The molecular formula is C53H88O6. The molecule has 0 unspecified atom stereocenters. The standard InChI is InChI=1S/C53H88O6/c1-4-7-10-13-16-19-22-24-26-28-31-34-37-40-43-46-52(55)58-49-50(48-57-51(54)45-42-39-36-33-30-21-18-15-12-9-6-3)59-53(56)47-44-41-38-35-32-29-27-25-23-20-17-14-11-8-5-2/h7,10,16-17,19-20,24-27,31-32,34-35,50H,4-6,8-9,11-15,18,21-23,28-30,33,36-49H2,1-3H3/b10-7-,19-16-,20-17-,26-24-,27-25-,34-31-,35-32-/t50-/m0/s1. The molecule has 0 saturated carbocycles. The molecule has 0 radical (unpaired) electrons. The second-order valence-corrected chi connectivity index (χ2v) is 15.6. The summed E-state index contributed by atoms with van der Waals surface area (Å²) in [7, 11) is 0. The molecule has 0 amide bonds. The zero-order chi connectivity index (χ0) is 43.0. The molecule has 0 fully saturated rings. The van der Waals surface area contributed by atoms with E-state index in [0.29, 0.717) is 19.3 Å². The van der Waals surface area contributed by atoms with Crippen LogP contribution in [0, 0.1) is 0 Å². The lowest BCUT2D eigenvalue weighted by atomic mass is 10.1. The molecule has 0 spiro atoms. The van der Waals surface area contributed by atoms with Gasteiger partial charge in [-0.05, 0) is 96.3 Å². The first kappa shape index (κ1) is 55.6. The van der Waals surface area contributed by atoms with Crippen LogP contribution < -0.4 is 0 Å². The van der Waals surface area contributed by atoms with E-state index < -0.39 is 6.10 Å². The van der Waals surface area contributed by atoms with Gasteiger partial charge in [-0.3, -0.25) is 14.4 Å². The van der Waals surface area contributed by atoms with Crippen LogP contribution in [0.1, 0.15) is 213 Å². The Hall–Kier alpha value is -3.41. The molecule has 0 aromatic carbocycles. The van der Waals surface area contributed by atoms with Crippen molar-refractivity contribution in [2.75, 3.05) is 13.2 Å². The molecule has 0 aliphatic heterocycles. The van der Waals surface area contributed by atoms with Crippen LogP contribution in [0.15, 0.2) is 85.1 Å². The van der Waals surface area contributed by atoms with Gasteiger partial charge in [0, 0.05) is 19.3 Å². The Morgan fingerprint density at radius 2 is 0.661 bits per heavy atom. The Morgan fingerprint density at radius 3 is 1.07 bits per heavy atom. The highest BCUT2D eigenvalue weighted by atomic mass is 16.6. The summed E-state index contributed by atoms with van der Waals surface area (Å²) in [6.07, 6.45) is 59.9. The molecule has 0 N–H and O–H groups in total. The summed E-state index contributed by atoms with van der Waals surface area (Å²) >= 11 is 0. The molecule has 1 atom stereocenters. The molecule has 59 heavy (non-hydrogen) atoms. The van der Waals surface area contributed by atoms with Gasteiger partial charge in [-0.1, -0.05) is 183 Å². The Bertz CT molecular complexity index is 1170. The first-order valence-corrected chi connectivity index (χ1v) is 24.1. The lowest BCUT2D eigenvalue weighted by Crippen LogP contribution is -2.30. The molecule has 6 heteroatoms. The molecule has 0 saturated heterocycles. The van der Waals surface area contributed by atoms with E-state index in [-0.39, 0.29) is 37.5 Å². The van der Waals surface area contributed by atoms with Crippen molar-refractivity contribution in [3.05, 3.63) is 85.1 Å². The molecule has 6 nitrogen and oxygen atoms in total. The molecule has 0 heterocycles. The molecule has 0 aromatic rings. The van der Waals surface area contributed by atoms with Crippen LogP contribution in [0.5, 0.6) is 0 Å². The van der Waals surface area contributed by atoms with Gasteiger partial charge in [0.1, 0.15) is 13.2 Å². The Balaban J connectivity index is 4.52. The molecule has 0 bridgehead atoms. The van der Waals surface area contributed by atoms with Crippen molar-refractivity contribution in [2.45, 2.75) is 219 Å². The number of allylic oxidation sites excluding steroid dienone is 14. The van der Waals surface area contributed by atoms with E-state index in [9.17, 15) is 14.4 Å². The van der Waals surface area contributed by atoms with Crippen LogP contribution in [0.4, 0.5) is 0 Å². The Kier molecular flexibility index (Phi) is 44.5. The van der Waals surface area contributed by atoms with Crippen molar-refractivity contribution in [1.82, 2.24) is 0 Å². The van der Waals surface area contributed by atoms with Crippen LogP contribution in [0.2, 0.25) is 0 Å². The van der Waals surface area contributed by atoms with Gasteiger partial charge in [0.15, 0.2) is 6.10 Å².